The van der Waals surface area contributed by atoms with Crippen LogP contribution in [0.5, 0.6) is 0 Å². The molecule has 2 saturated heterocycles. The van der Waals surface area contributed by atoms with Crippen molar-refractivity contribution < 1.29 is 8.42 Å². The van der Waals surface area contributed by atoms with Crippen LogP contribution < -0.4 is 5.73 Å². The van der Waals surface area contributed by atoms with E-state index in [4.69, 9.17) is 5.73 Å². The summed E-state index contributed by atoms with van der Waals surface area (Å²) < 4.78 is 27.9. The monoisotopic (exact) mass is 329 g/mol. The fourth-order valence-corrected chi connectivity index (χ4v) is 6.48. The van der Waals surface area contributed by atoms with Crippen molar-refractivity contribution in [2.75, 3.05) is 26.2 Å². The lowest BCUT2D eigenvalue weighted by atomic mass is 10.2. The Morgan fingerprint density at radius 2 is 2.10 bits per heavy atom. The summed E-state index contributed by atoms with van der Waals surface area (Å²) in [6.45, 7) is 5.74. The van der Waals surface area contributed by atoms with Crippen LogP contribution >= 0.6 is 11.3 Å². The third kappa shape index (κ3) is 2.90. The number of thiophene rings is 1. The van der Waals surface area contributed by atoms with Gasteiger partial charge in [-0.15, -0.1) is 11.3 Å². The van der Waals surface area contributed by atoms with Crippen molar-refractivity contribution in [3.8, 4) is 0 Å². The average molecular weight is 329 g/mol. The molecule has 2 fully saturated rings. The number of hydrogen-bond acceptors (Lipinski definition) is 5. The maximum Gasteiger partial charge on any atom is 0.252 e. The minimum absolute atomic E-state index is 0.400. The first-order valence-corrected chi connectivity index (χ1v) is 9.81. The first kappa shape index (κ1) is 15.4. The van der Waals surface area contributed by atoms with Gasteiger partial charge in [-0.3, -0.25) is 4.90 Å². The van der Waals surface area contributed by atoms with Gasteiger partial charge >= 0.3 is 0 Å². The molecule has 118 valence electrons. The van der Waals surface area contributed by atoms with E-state index >= 15 is 0 Å². The second-order valence-corrected chi connectivity index (χ2v) is 9.23. The maximum absolute atomic E-state index is 12.9. The molecular weight excluding hydrogens is 306 g/mol. The van der Waals surface area contributed by atoms with Crippen molar-refractivity contribution in [2.24, 2.45) is 5.73 Å². The van der Waals surface area contributed by atoms with Crippen molar-refractivity contribution in [2.45, 2.75) is 43.0 Å². The van der Waals surface area contributed by atoms with Gasteiger partial charge in [-0.25, -0.2) is 8.42 Å². The van der Waals surface area contributed by atoms with E-state index in [1.807, 2.05) is 6.92 Å². The van der Waals surface area contributed by atoms with Crippen LogP contribution in [0.3, 0.4) is 0 Å². The van der Waals surface area contributed by atoms with Crippen LogP contribution in [0.15, 0.2) is 10.3 Å². The van der Waals surface area contributed by atoms with Crippen molar-refractivity contribution in [3.63, 3.8) is 0 Å². The Morgan fingerprint density at radius 3 is 2.81 bits per heavy atom. The van der Waals surface area contributed by atoms with E-state index in [0.717, 1.165) is 36.4 Å². The van der Waals surface area contributed by atoms with E-state index in [1.54, 1.807) is 10.4 Å². The lowest BCUT2D eigenvalue weighted by Crippen LogP contribution is -2.39. The third-order valence-corrected chi connectivity index (χ3v) is 8.12. The van der Waals surface area contributed by atoms with Gasteiger partial charge in [0.25, 0.3) is 10.0 Å². The fourth-order valence-electron chi connectivity index (χ4n) is 3.34. The van der Waals surface area contributed by atoms with E-state index < -0.39 is 10.0 Å². The van der Waals surface area contributed by atoms with Gasteiger partial charge < -0.3 is 5.73 Å². The highest BCUT2D eigenvalue weighted by Gasteiger charge is 2.35. The number of nitrogens with two attached hydrogens (primary N) is 1. The van der Waals surface area contributed by atoms with E-state index in [9.17, 15) is 8.42 Å². The molecule has 0 saturated carbocycles. The molecule has 0 aromatic carbocycles. The third-order valence-electron chi connectivity index (χ3n) is 4.54. The molecule has 2 aliphatic rings. The van der Waals surface area contributed by atoms with Gasteiger partial charge in [-0.1, -0.05) is 0 Å². The second-order valence-electron chi connectivity index (χ2n) is 5.92. The van der Waals surface area contributed by atoms with Crippen LogP contribution in [0.2, 0.25) is 0 Å². The summed E-state index contributed by atoms with van der Waals surface area (Å²) in [6, 6.07) is 2.18. The molecule has 1 aromatic rings. The van der Waals surface area contributed by atoms with Gasteiger partial charge in [0.15, 0.2) is 0 Å². The lowest BCUT2D eigenvalue weighted by molar-refractivity contribution is 0.257. The Kier molecular flexibility index (Phi) is 4.38. The van der Waals surface area contributed by atoms with Gasteiger partial charge in [0.2, 0.25) is 0 Å². The van der Waals surface area contributed by atoms with Gasteiger partial charge in [0.05, 0.1) is 0 Å². The molecule has 7 heteroatoms. The number of nitrogens with zero attached hydrogens (tertiary/aromatic N) is 2. The number of hydrogen-bond donors (Lipinski definition) is 1. The molecule has 0 spiro atoms. The van der Waals surface area contributed by atoms with Crippen LogP contribution in [0.25, 0.3) is 0 Å². The molecule has 0 radical (unpaired) electrons. The number of sulfonamides is 1. The zero-order chi connectivity index (χ0) is 15.0. The number of aryl methyl sites for hydroxylation is 1. The molecule has 5 nitrogen and oxygen atoms in total. The molecule has 21 heavy (non-hydrogen) atoms. The SMILES string of the molecule is Cc1cc(S(=O)(=O)N2CCCN3CCCC3C2)sc1CN. The van der Waals surface area contributed by atoms with E-state index in [2.05, 4.69) is 4.90 Å². The minimum atomic E-state index is -3.37. The van der Waals surface area contributed by atoms with Gasteiger partial charge in [0, 0.05) is 30.6 Å². The van der Waals surface area contributed by atoms with Crippen LogP contribution in [0, 0.1) is 6.92 Å². The zero-order valence-corrected chi connectivity index (χ0v) is 14.0. The molecule has 3 rings (SSSR count). The van der Waals surface area contributed by atoms with Crippen molar-refractivity contribution >= 4 is 21.4 Å². The highest BCUT2D eigenvalue weighted by Crippen LogP contribution is 2.30. The van der Waals surface area contributed by atoms with Crippen molar-refractivity contribution in [1.82, 2.24) is 9.21 Å². The highest BCUT2D eigenvalue weighted by molar-refractivity contribution is 7.91. The Hall–Kier alpha value is -0.470. The Bertz CT molecular complexity index is 612. The number of fused-ring (bicyclic) bond motifs is 1. The normalized spacial score (nSPS) is 25.0. The van der Waals surface area contributed by atoms with Gasteiger partial charge in [-0.2, -0.15) is 4.31 Å². The fraction of sp³-hybridized carbons (Fsp3) is 0.714. The molecule has 2 N–H and O–H groups in total. The Labute approximate surface area is 130 Å². The zero-order valence-electron chi connectivity index (χ0n) is 12.4. The average Bonchev–Trinajstić information content (AvgIpc) is 2.99. The summed E-state index contributed by atoms with van der Waals surface area (Å²) in [4.78, 5) is 3.41. The largest absolute Gasteiger partial charge is 0.326 e. The Balaban J connectivity index is 1.86. The summed E-state index contributed by atoms with van der Waals surface area (Å²) in [5.74, 6) is 0. The molecule has 0 aliphatic carbocycles. The molecule has 1 unspecified atom stereocenters. The van der Waals surface area contributed by atoms with Crippen LogP contribution in [0.1, 0.15) is 29.7 Å². The molecule has 0 bridgehead atoms. The second kappa shape index (κ2) is 5.96. The van der Waals surface area contributed by atoms with Gasteiger partial charge in [-0.05, 0) is 50.9 Å². The van der Waals surface area contributed by atoms with Crippen molar-refractivity contribution in [1.29, 1.82) is 0 Å². The smallest absolute Gasteiger partial charge is 0.252 e. The summed E-state index contributed by atoms with van der Waals surface area (Å²) in [5, 5.41) is 0. The van der Waals surface area contributed by atoms with E-state index in [1.165, 1.54) is 17.8 Å². The van der Waals surface area contributed by atoms with Crippen LogP contribution in [-0.2, 0) is 16.6 Å². The predicted octanol–water partition coefficient (Wildman–Crippen LogP) is 1.37. The maximum atomic E-state index is 12.9. The summed E-state index contributed by atoms with van der Waals surface area (Å²) in [7, 11) is -3.37. The van der Waals surface area contributed by atoms with E-state index in [0.29, 0.717) is 29.9 Å². The molecule has 0 amide bonds. The van der Waals surface area contributed by atoms with E-state index in [-0.39, 0.29) is 0 Å². The lowest BCUT2D eigenvalue weighted by Gasteiger charge is -2.24. The number of rotatable bonds is 3. The molecule has 3 heterocycles. The summed E-state index contributed by atoms with van der Waals surface area (Å²) >= 11 is 1.32. The van der Waals surface area contributed by atoms with Gasteiger partial charge in [0.1, 0.15) is 4.21 Å². The van der Waals surface area contributed by atoms with Crippen molar-refractivity contribution in [3.05, 3.63) is 16.5 Å². The van der Waals surface area contributed by atoms with Crippen LogP contribution in [0.4, 0.5) is 0 Å². The quantitative estimate of drug-likeness (QED) is 0.910. The molecular formula is C14H23N3O2S2. The first-order valence-electron chi connectivity index (χ1n) is 7.56. The summed E-state index contributed by atoms with van der Waals surface area (Å²) in [6.07, 6.45) is 3.22. The molecule has 1 aromatic heterocycles. The standard InChI is InChI=1S/C14H23N3O2S2/c1-11-8-14(20-13(11)9-15)21(18,19)17-7-3-6-16-5-2-4-12(16)10-17/h8,12H,2-7,9-10,15H2,1H3. The topological polar surface area (TPSA) is 66.6 Å². The highest BCUT2D eigenvalue weighted by atomic mass is 32.2. The predicted molar refractivity (Wildman–Crippen MR) is 84.9 cm³/mol. The molecule has 1 atom stereocenters. The first-order chi connectivity index (χ1) is 10.0. The summed E-state index contributed by atoms with van der Waals surface area (Å²) in [5.41, 5.74) is 6.66. The molecule has 2 aliphatic heterocycles. The minimum Gasteiger partial charge on any atom is -0.326 e. The Morgan fingerprint density at radius 1 is 1.33 bits per heavy atom. The van der Waals surface area contributed by atoms with Crippen LogP contribution in [-0.4, -0.2) is 49.8 Å².